The van der Waals surface area contributed by atoms with Gasteiger partial charge in [-0.2, -0.15) is 0 Å². The number of carbonyl (C=O) groups excluding carboxylic acids is 2. The molecule has 1 aromatic carbocycles. The summed E-state index contributed by atoms with van der Waals surface area (Å²) in [5.74, 6) is 0.176. The molecule has 2 amide bonds. The average Bonchev–Trinajstić information content (AvgIpc) is 3.37. The van der Waals surface area contributed by atoms with Crippen LogP contribution in [0.25, 0.3) is 0 Å². The second-order valence-electron chi connectivity index (χ2n) is 6.54. The number of thiazole rings is 1. The number of rotatable bonds is 5. The van der Waals surface area contributed by atoms with Crippen LogP contribution >= 0.6 is 11.3 Å². The minimum Gasteiger partial charge on any atom is -0.467 e. The second kappa shape index (κ2) is 7.36. The predicted octanol–water partition coefficient (Wildman–Crippen LogP) is 3.64. The van der Waals surface area contributed by atoms with Crippen LogP contribution in [0.5, 0.6) is 0 Å². The largest absolute Gasteiger partial charge is 0.467 e. The second-order valence-corrected chi connectivity index (χ2v) is 7.62. The van der Waals surface area contributed by atoms with Gasteiger partial charge in [-0.1, -0.05) is 17.7 Å². The molecular formula is C20H19N3O3S. The van der Waals surface area contributed by atoms with E-state index >= 15 is 0 Å². The Labute approximate surface area is 160 Å². The Hall–Kier alpha value is -2.93. The van der Waals surface area contributed by atoms with Gasteiger partial charge >= 0.3 is 0 Å². The molecular weight excluding hydrogens is 362 g/mol. The van der Waals surface area contributed by atoms with Crippen molar-refractivity contribution in [1.82, 2.24) is 10.3 Å². The van der Waals surface area contributed by atoms with Gasteiger partial charge in [0.25, 0.3) is 5.91 Å². The van der Waals surface area contributed by atoms with Gasteiger partial charge in [0.1, 0.15) is 5.76 Å². The highest BCUT2D eigenvalue weighted by atomic mass is 32.1. The number of fused-ring (bicyclic) bond motifs is 1. The van der Waals surface area contributed by atoms with Crippen LogP contribution in [0.1, 0.15) is 44.6 Å². The number of aromatic nitrogens is 1. The van der Waals surface area contributed by atoms with Crippen LogP contribution in [0.15, 0.2) is 47.1 Å². The van der Waals surface area contributed by atoms with E-state index in [-0.39, 0.29) is 17.7 Å². The molecule has 2 N–H and O–H groups in total. The first kappa shape index (κ1) is 17.5. The third-order valence-corrected chi connectivity index (χ3v) is 5.63. The van der Waals surface area contributed by atoms with Crippen molar-refractivity contribution in [2.45, 2.75) is 32.2 Å². The van der Waals surface area contributed by atoms with Gasteiger partial charge in [-0.15, -0.1) is 11.3 Å². The third kappa shape index (κ3) is 3.78. The summed E-state index contributed by atoms with van der Waals surface area (Å²) in [6, 6.07) is 11.0. The molecule has 2 heterocycles. The van der Waals surface area contributed by atoms with E-state index in [0.29, 0.717) is 23.0 Å². The lowest BCUT2D eigenvalue weighted by molar-refractivity contribution is -0.122. The molecule has 6 nitrogen and oxygen atoms in total. The van der Waals surface area contributed by atoms with Gasteiger partial charge in [-0.3, -0.25) is 14.9 Å². The van der Waals surface area contributed by atoms with Crippen LogP contribution < -0.4 is 10.6 Å². The number of amides is 2. The number of hydrogen-bond acceptors (Lipinski definition) is 5. The van der Waals surface area contributed by atoms with E-state index in [0.717, 1.165) is 29.0 Å². The van der Waals surface area contributed by atoms with Crippen molar-refractivity contribution >= 4 is 28.3 Å². The molecule has 27 heavy (non-hydrogen) atoms. The number of furan rings is 1. The summed E-state index contributed by atoms with van der Waals surface area (Å²) in [5, 5.41) is 6.27. The van der Waals surface area contributed by atoms with Crippen molar-refractivity contribution < 1.29 is 14.0 Å². The molecule has 7 heteroatoms. The van der Waals surface area contributed by atoms with Crippen LogP contribution in [0.4, 0.5) is 5.13 Å². The lowest BCUT2D eigenvalue weighted by Gasteiger charge is -2.09. The summed E-state index contributed by atoms with van der Waals surface area (Å²) >= 11 is 1.44. The highest BCUT2D eigenvalue weighted by Gasteiger charge is 2.32. The molecule has 0 saturated heterocycles. The SMILES string of the molecule is Cc1ccc(C(=O)Nc2nc3c(s2)CCC3C(=O)NCc2ccco2)cc1. The van der Waals surface area contributed by atoms with Crippen molar-refractivity contribution in [3.05, 3.63) is 70.1 Å². The Morgan fingerprint density at radius 2 is 2.07 bits per heavy atom. The first-order valence-corrected chi connectivity index (χ1v) is 9.59. The molecule has 2 aromatic heterocycles. The van der Waals surface area contributed by atoms with Gasteiger partial charge in [0.15, 0.2) is 5.13 Å². The van der Waals surface area contributed by atoms with E-state index in [2.05, 4.69) is 15.6 Å². The monoisotopic (exact) mass is 381 g/mol. The van der Waals surface area contributed by atoms with Gasteiger partial charge in [0.2, 0.25) is 5.91 Å². The number of aryl methyl sites for hydroxylation is 2. The summed E-state index contributed by atoms with van der Waals surface area (Å²) < 4.78 is 5.24. The van der Waals surface area contributed by atoms with Crippen molar-refractivity contribution in [3.63, 3.8) is 0 Å². The number of nitrogens with one attached hydrogen (secondary N) is 2. The van der Waals surface area contributed by atoms with Gasteiger partial charge in [0.05, 0.1) is 24.4 Å². The molecule has 0 aliphatic heterocycles. The van der Waals surface area contributed by atoms with Gasteiger partial charge in [-0.05, 0) is 44.0 Å². The van der Waals surface area contributed by atoms with Crippen molar-refractivity contribution in [1.29, 1.82) is 0 Å². The summed E-state index contributed by atoms with van der Waals surface area (Å²) in [7, 11) is 0. The van der Waals surface area contributed by atoms with Crippen LogP contribution in [0, 0.1) is 6.92 Å². The highest BCUT2D eigenvalue weighted by molar-refractivity contribution is 7.16. The fraction of sp³-hybridized carbons (Fsp3) is 0.250. The highest BCUT2D eigenvalue weighted by Crippen LogP contribution is 2.38. The van der Waals surface area contributed by atoms with Gasteiger partial charge in [-0.25, -0.2) is 4.98 Å². The molecule has 1 atom stereocenters. The van der Waals surface area contributed by atoms with Gasteiger partial charge < -0.3 is 9.73 Å². The Morgan fingerprint density at radius 1 is 1.26 bits per heavy atom. The quantitative estimate of drug-likeness (QED) is 0.707. The molecule has 1 aliphatic rings. The van der Waals surface area contributed by atoms with E-state index < -0.39 is 0 Å². The van der Waals surface area contributed by atoms with Crippen molar-refractivity contribution in [2.24, 2.45) is 0 Å². The zero-order valence-electron chi connectivity index (χ0n) is 14.8. The molecule has 0 bridgehead atoms. The summed E-state index contributed by atoms with van der Waals surface area (Å²) in [5.41, 5.74) is 2.46. The standard InChI is InChI=1S/C20H19N3O3S/c1-12-4-6-13(7-5-12)18(24)23-20-22-17-15(8-9-16(17)27-20)19(25)21-11-14-3-2-10-26-14/h2-7,10,15H,8-9,11H2,1H3,(H,21,25)(H,22,23,24). The van der Waals surface area contributed by atoms with E-state index in [1.807, 2.05) is 25.1 Å². The molecule has 3 aromatic rings. The molecule has 1 aliphatic carbocycles. The topological polar surface area (TPSA) is 84.2 Å². The van der Waals surface area contributed by atoms with Crippen LogP contribution in [-0.2, 0) is 17.8 Å². The average molecular weight is 381 g/mol. The Kier molecular flexibility index (Phi) is 4.77. The lowest BCUT2D eigenvalue weighted by atomic mass is 10.1. The van der Waals surface area contributed by atoms with Crippen LogP contribution in [-0.4, -0.2) is 16.8 Å². The number of hydrogen-bond donors (Lipinski definition) is 2. The van der Waals surface area contributed by atoms with E-state index in [1.165, 1.54) is 11.3 Å². The van der Waals surface area contributed by atoms with E-state index in [1.54, 1.807) is 24.5 Å². The van der Waals surface area contributed by atoms with E-state index in [9.17, 15) is 9.59 Å². The number of carbonyl (C=O) groups is 2. The van der Waals surface area contributed by atoms with Crippen molar-refractivity contribution in [2.75, 3.05) is 5.32 Å². The molecule has 138 valence electrons. The molecule has 0 spiro atoms. The minimum atomic E-state index is -0.281. The maximum absolute atomic E-state index is 12.5. The Bertz CT molecular complexity index is 961. The van der Waals surface area contributed by atoms with Crippen molar-refractivity contribution in [3.8, 4) is 0 Å². The summed E-state index contributed by atoms with van der Waals surface area (Å²) in [4.78, 5) is 30.5. The van der Waals surface area contributed by atoms with Crippen LogP contribution in [0.3, 0.4) is 0 Å². The first-order valence-electron chi connectivity index (χ1n) is 8.78. The molecule has 4 rings (SSSR count). The zero-order valence-corrected chi connectivity index (χ0v) is 15.6. The maximum atomic E-state index is 12.5. The molecule has 0 fully saturated rings. The minimum absolute atomic E-state index is 0.0631. The summed E-state index contributed by atoms with van der Waals surface area (Å²) in [6.45, 7) is 2.34. The maximum Gasteiger partial charge on any atom is 0.257 e. The zero-order chi connectivity index (χ0) is 18.8. The predicted molar refractivity (Wildman–Crippen MR) is 103 cm³/mol. The summed E-state index contributed by atoms with van der Waals surface area (Å²) in [6.07, 6.45) is 3.12. The number of anilines is 1. The lowest BCUT2D eigenvalue weighted by Crippen LogP contribution is -2.28. The first-order chi connectivity index (χ1) is 13.1. The number of benzene rings is 1. The van der Waals surface area contributed by atoms with Crippen LogP contribution in [0.2, 0.25) is 0 Å². The normalized spacial score (nSPS) is 15.4. The van der Waals surface area contributed by atoms with Gasteiger partial charge in [0, 0.05) is 10.4 Å². The smallest absolute Gasteiger partial charge is 0.257 e. The fourth-order valence-corrected chi connectivity index (χ4v) is 4.15. The molecule has 1 unspecified atom stereocenters. The fourth-order valence-electron chi connectivity index (χ4n) is 3.12. The molecule has 0 radical (unpaired) electrons. The Balaban J connectivity index is 1.42. The van der Waals surface area contributed by atoms with E-state index in [4.69, 9.17) is 4.42 Å². The Morgan fingerprint density at radius 3 is 2.81 bits per heavy atom. The third-order valence-electron chi connectivity index (χ3n) is 4.59. The number of nitrogens with zero attached hydrogens (tertiary/aromatic N) is 1. The molecule has 0 saturated carbocycles.